The number of hydrogen-bond acceptors (Lipinski definition) is 2. The van der Waals surface area contributed by atoms with E-state index >= 15 is 0 Å². The highest BCUT2D eigenvalue weighted by Crippen LogP contribution is 2.39. The Morgan fingerprint density at radius 2 is 1.95 bits per heavy atom. The van der Waals surface area contributed by atoms with Crippen molar-refractivity contribution in [1.82, 2.24) is 5.32 Å². The number of carbonyl (C=O) groups is 1. The average molecular weight is 358 g/mol. The molecule has 0 atom stereocenters. The Bertz CT molecular complexity index is 535. The smallest absolute Gasteiger partial charge is 0.251 e. The highest BCUT2D eigenvalue weighted by molar-refractivity contribution is 9.10. The summed E-state index contributed by atoms with van der Waals surface area (Å²) in [6.45, 7) is 4.59. The minimum Gasteiger partial charge on any atom is -0.388 e. The van der Waals surface area contributed by atoms with E-state index in [0.717, 1.165) is 12.8 Å². The Morgan fingerprint density at radius 1 is 1.33 bits per heavy atom. The zero-order chi connectivity index (χ0) is 15.7. The summed E-state index contributed by atoms with van der Waals surface area (Å²) in [5.74, 6) is -0.833. The highest BCUT2D eigenvalue weighted by Gasteiger charge is 2.36. The van der Waals surface area contributed by atoms with E-state index < -0.39 is 11.4 Å². The Labute approximate surface area is 133 Å². The van der Waals surface area contributed by atoms with Crippen LogP contribution in [0.2, 0.25) is 0 Å². The lowest BCUT2D eigenvalue weighted by atomic mass is 9.71. The van der Waals surface area contributed by atoms with Gasteiger partial charge in [-0.1, -0.05) is 13.8 Å². The quantitative estimate of drug-likeness (QED) is 0.867. The number of carbonyl (C=O) groups excluding carboxylic acids is 1. The van der Waals surface area contributed by atoms with Crippen LogP contribution in [0.4, 0.5) is 4.39 Å². The molecule has 1 fully saturated rings. The first-order chi connectivity index (χ1) is 9.71. The van der Waals surface area contributed by atoms with Gasteiger partial charge in [0.1, 0.15) is 5.82 Å². The summed E-state index contributed by atoms with van der Waals surface area (Å²) >= 11 is 3.05. The molecule has 2 rings (SSSR count). The molecule has 3 nitrogen and oxygen atoms in total. The topological polar surface area (TPSA) is 49.3 Å². The van der Waals surface area contributed by atoms with Gasteiger partial charge in [0, 0.05) is 12.1 Å². The van der Waals surface area contributed by atoms with Crippen LogP contribution in [0.1, 0.15) is 49.9 Å². The molecule has 1 amide bonds. The Hall–Kier alpha value is -0.940. The summed E-state index contributed by atoms with van der Waals surface area (Å²) in [5, 5.41) is 13.2. The number of amides is 1. The van der Waals surface area contributed by atoms with Crippen molar-refractivity contribution in [2.75, 3.05) is 6.54 Å². The van der Waals surface area contributed by atoms with Crippen LogP contribution in [0, 0.1) is 11.2 Å². The number of hydrogen-bond donors (Lipinski definition) is 2. The molecule has 0 aromatic heterocycles. The van der Waals surface area contributed by atoms with Crippen LogP contribution in [-0.2, 0) is 0 Å². The van der Waals surface area contributed by atoms with Gasteiger partial charge in [-0.25, -0.2) is 4.39 Å². The minimum absolute atomic E-state index is 0.208. The van der Waals surface area contributed by atoms with Crippen LogP contribution in [0.25, 0.3) is 0 Å². The zero-order valence-electron chi connectivity index (χ0n) is 12.4. The van der Waals surface area contributed by atoms with E-state index in [1.165, 1.54) is 12.1 Å². The zero-order valence-corrected chi connectivity index (χ0v) is 14.0. The van der Waals surface area contributed by atoms with Gasteiger partial charge in [0.2, 0.25) is 0 Å². The maximum absolute atomic E-state index is 13.4. The van der Waals surface area contributed by atoms with Crippen LogP contribution < -0.4 is 5.32 Å². The number of halogens is 2. The van der Waals surface area contributed by atoms with Crippen LogP contribution in [0.15, 0.2) is 22.7 Å². The molecule has 21 heavy (non-hydrogen) atoms. The van der Waals surface area contributed by atoms with Gasteiger partial charge >= 0.3 is 0 Å². The summed E-state index contributed by atoms with van der Waals surface area (Å²) in [5.41, 5.74) is -0.333. The molecule has 0 bridgehead atoms. The van der Waals surface area contributed by atoms with Crippen LogP contribution >= 0.6 is 15.9 Å². The van der Waals surface area contributed by atoms with E-state index in [2.05, 4.69) is 35.1 Å². The second-order valence-corrected chi connectivity index (χ2v) is 7.55. The standard InChI is InChI=1S/C16H21BrFNO2/c1-15(2)5-7-16(21,8-6-15)10-19-14(20)11-3-4-12(17)13(18)9-11/h3-4,9,21H,5-8,10H2,1-2H3,(H,19,20). The summed E-state index contributed by atoms with van der Waals surface area (Å²) < 4.78 is 13.7. The van der Waals surface area contributed by atoms with E-state index in [4.69, 9.17) is 0 Å². The second-order valence-electron chi connectivity index (χ2n) is 6.70. The largest absolute Gasteiger partial charge is 0.388 e. The molecular formula is C16H21BrFNO2. The van der Waals surface area contributed by atoms with Gasteiger partial charge < -0.3 is 10.4 Å². The summed E-state index contributed by atoms with van der Waals surface area (Å²) in [6.07, 6.45) is 3.22. The highest BCUT2D eigenvalue weighted by atomic mass is 79.9. The predicted octanol–water partition coefficient (Wildman–Crippen LogP) is 3.65. The third kappa shape index (κ3) is 4.27. The number of aliphatic hydroxyl groups is 1. The first kappa shape index (κ1) is 16.4. The molecule has 0 aliphatic heterocycles. The molecular weight excluding hydrogens is 337 g/mol. The first-order valence-electron chi connectivity index (χ1n) is 7.17. The van der Waals surface area contributed by atoms with E-state index in [9.17, 15) is 14.3 Å². The molecule has 1 aliphatic carbocycles. The molecule has 116 valence electrons. The molecule has 1 aliphatic rings. The van der Waals surface area contributed by atoms with E-state index in [-0.39, 0.29) is 23.4 Å². The van der Waals surface area contributed by atoms with E-state index in [0.29, 0.717) is 17.3 Å². The Kier molecular flexibility index (Phi) is 4.73. The van der Waals surface area contributed by atoms with Gasteiger partial charge in [-0.05, 0) is 65.2 Å². The maximum Gasteiger partial charge on any atom is 0.251 e. The summed E-state index contributed by atoms with van der Waals surface area (Å²) in [6, 6.07) is 4.24. The van der Waals surface area contributed by atoms with E-state index in [1.54, 1.807) is 6.07 Å². The molecule has 0 heterocycles. The Morgan fingerprint density at radius 3 is 2.52 bits per heavy atom. The van der Waals surface area contributed by atoms with Crippen molar-refractivity contribution in [3.8, 4) is 0 Å². The SMILES string of the molecule is CC1(C)CCC(O)(CNC(=O)c2ccc(Br)c(F)c2)CC1. The summed E-state index contributed by atoms with van der Waals surface area (Å²) in [7, 11) is 0. The van der Waals surface area contributed by atoms with Gasteiger partial charge in [0.15, 0.2) is 0 Å². The normalized spacial score (nSPS) is 20.0. The second kappa shape index (κ2) is 6.05. The predicted molar refractivity (Wildman–Crippen MR) is 83.6 cm³/mol. The lowest BCUT2D eigenvalue weighted by molar-refractivity contribution is -0.0233. The molecule has 2 N–H and O–H groups in total. The van der Waals surface area contributed by atoms with Crippen LogP contribution in [0.3, 0.4) is 0 Å². The number of rotatable bonds is 3. The molecule has 0 radical (unpaired) electrons. The first-order valence-corrected chi connectivity index (χ1v) is 7.96. The van der Waals surface area contributed by atoms with Gasteiger partial charge in [-0.3, -0.25) is 4.79 Å². The summed E-state index contributed by atoms with van der Waals surface area (Å²) in [4.78, 5) is 12.0. The molecule has 5 heteroatoms. The lowest BCUT2D eigenvalue weighted by Crippen LogP contribution is -2.46. The minimum atomic E-state index is -0.848. The Balaban J connectivity index is 1.93. The van der Waals surface area contributed by atoms with Crippen molar-refractivity contribution in [1.29, 1.82) is 0 Å². The van der Waals surface area contributed by atoms with Crippen LogP contribution in [0.5, 0.6) is 0 Å². The van der Waals surface area contributed by atoms with Gasteiger partial charge in [0.05, 0.1) is 10.1 Å². The third-order valence-corrected chi connectivity index (χ3v) is 4.94. The van der Waals surface area contributed by atoms with Crippen molar-refractivity contribution < 1.29 is 14.3 Å². The average Bonchev–Trinajstić information content (AvgIpc) is 2.43. The molecule has 0 saturated heterocycles. The van der Waals surface area contributed by atoms with Crippen molar-refractivity contribution in [3.05, 3.63) is 34.1 Å². The third-order valence-electron chi connectivity index (χ3n) is 4.29. The fourth-order valence-electron chi connectivity index (χ4n) is 2.55. The molecule has 1 saturated carbocycles. The molecule has 0 unspecified atom stereocenters. The molecule has 1 aromatic carbocycles. The number of nitrogens with one attached hydrogen (secondary N) is 1. The van der Waals surface area contributed by atoms with E-state index in [1.807, 2.05) is 0 Å². The fraction of sp³-hybridized carbons (Fsp3) is 0.562. The molecule has 0 spiro atoms. The van der Waals surface area contributed by atoms with Crippen molar-refractivity contribution in [3.63, 3.8) is 0 Å². The van der Waals surface area contributed by atoms with Crippen molar-refractivity contribution in [2.24, 2.45) is 5.41 Å². The van der Waals surface area contributed by atoms with Crippen molar-refractivity contribution >= 4 is 21.8 Å². The molecule has 1 aromatic rings. The van der Waals surface area contributed by atoms with Crippen LogP contribution in [-0.4, -0.2) is 23.2 Å². The van der Waals surface area contributed by atoms with Gasteiger partial charge in [-0.2, -0.15) is 0 Å². The number of benzene rings is 1. The monoisotopic (exact) mass is 357 g/mol. The maximum atomic E-state index is 13.4. The van der Waals surface area contributed by atoms with Gasteiger partial charge in [-0.15, -0.1) is 0 Å². The lowest BCUT2D eigenvalue weighted by Gasteiger charge is -2.40. The van der Waals surface area contributed by atoms with Crippen molar-refractivity contribution in [2.45, 2.75) is 45.1 Å². The fourth-order valence-corrected chi connectivity index (χ4v) is 2.80. The van der Waals surface area contributed by atoms with Gasteiger partial charge in [0.25, 0.3) is 5.91 Å².